The van der Waals surface area contributed by atoms with E-state index in [2.05, 4.69) is 0 Å². The monoisotopic (exact) mass is 536 g/mol. The summed E-state index contributed by atoms with van der Waals surface area (Å²) < 4.78 is 15.6. The maximum Gasteiger partial charge on any atom is 0.338 e. The van der Waals surface area contributed by atoms with Crippen LogP contribution in [0, 0.1) is 5.92 Å². The summed E-state index contributed by atoms with van der Waals surface area (Å²) in [6.07, 6.45) is 0.967. The van der Waals surface area contributed by atoms with Crippen molar-refractivity contribution in [2.45, 2.75) is 39.2 Å². The molecule has 0 spiro atoms. The molecule has 0 radical (unpaired) electrons. The maximum absolute atomic E-state index is 13.2. The van der Waals surface area contributed by atoms with Crippen LogP contribution in [-0.4, -0.2) is 73.4 Å². The van der Waals surface area contributed by atoms with Gasteiger partial charge in [-0.25, -0.2) is 9.69 Å². The van der Waals surface area contributed by atoms with Crippen LogP contribution in [0.25, 0.3) is 0 Å². The quantitative estimate of drug-likeness (QED) is 0.256. The molecule has 39 heavy (non-hydrogen) atoms. The highest BCUT2D eigenvalue weighted by molar-refractivity contribution is 6.22. The van der Waals surface area contributed by atoms with Gasteiger partial charge in [0.05, 0.1) is 42.8 Å². The lowest BCUT2D eigenvalue weighted by atomic mass is 9.95. The number of esters is 2. The van der Waals surface area contributed by atoms with Gasteiger partial charge < -0.3 is 14.2 Å². The highest BCUT2D eigenvalue weighted by atomic mass is 16.5. The van der Waals surface area contributed by atoms with Crippen LogP contribution < -0.4 is 9.64 Å². The molecule has 0 N–H and O–H groups in total. The number of anilines is 1. The molecule has 10 heteroatoms. The van der Waals surface area contributed by atoms with Crippen molar-refractivity contribution in [3.8, 4) is 5.75 Å². The predicted octanol–water partition coefficient (Wildman–Crippen LogP) is 3.03. The van der Waals surface area contributed by atoms with Gasteiger partial charge in [-0.05, 0) is 88.3 Å². The summed E-state index contributed by atoms with van der Waals surface area (Å²) in [5, 5.41) is 0. The molecule has 2 saturated heterocycles. The van der Waals surface area contributed by atoms with E-state index in [-0.39, 0.29) is 43.2 Å². The van der Waals surface area contributed by atoms with E-state index in [1.165, 1.54) is 12.1 Å². The van der Waals surface area contributed by atoms with Gasteiger partial charge in [-0.2, -0.15) is 0 Å². The van der Waals surface area contributed by atoms with Crippen LogP contribution in [0.3, 0.4) is 0 Å². The van der Waals surface area contributed by atoms with Gasteiger partial charge in [0.25, 0.3) is 5.91 Å². The predicted molar refractivity (Wildman–Crippen MR) is 140 cm³/mol. The summed E-state index contributed by atoms with van der Waals surface area (Å²) in [5.74, 6) is -1.57. The van der Waals surface area contributed by atoms with Crippen molar-refractivity contribution in [1.29, 1.82) is 0 Å². The SMILES string of the molecule is CCOC(=O)c1ccc(N2C(=O)C[C@@H](N3CCC(C(=O)OCC(=O)c4ccc(OCC)cc4)CC3)C2=O)cc1. The van der Waals surface area contributed by atoms with Crippen LogP contribution >= 0.6 is 0 Å². The van der Waals surface area contributed by atoms with Crippen molar-refractivity contribution >= 4 is 35.2 Å². The summed E-state index contributed by atoms with van der Waals surface area (Å²) in [6.45, 7) is 4.93. The van der Waals surface area contributed by atoms with Gasteiger partial charge in [0.1, 0.15) is 5.75 Å². The molecule has 0 unspecified atom stereocenters. The van der Waals surface area contributed by atoms with E-state index in [1.807, 2.05) is 11.8 Å². The molecule has 0 bridgehead atoms. The minimum Gasteiger partial charge on any atom is -0.494 e. The highest BCUT2D eigenvalue weighted by Crippen LogP contribution is 2.29. The fraction of sp³-hybridized carbons (Fsp3) is 0.414. The van der Waals surface area contributed by atoms with Crippen LogP contribution in [0.1, 0.15) is 53.8 Å². The molecule has 0 aliphatic carbocycles. The van der Waals surface area contributed by atoms with Crippen molar-refractivity contribution in [1.82, 2.24) is 4.90 Å². The molecule has 2 aromatic carbocycles. The van der Waals surface area contributed by atoms with Crippen LogP contribution in [0.15, 0.2) is 48.5 Å². The number of hydrogen-bond acceptors (Lipinski definition) is 9. The Morgan fingerprint density at radius 2 is 1.49 bits per heavy atom. The van der Waals surface area contributed by atoms with Crippen molar-refractivity contribution in [2.24, 2.45) is 5.92 Å². The topological polar surface area (TPSA) is 120 Å². The number of ether oxygens (including phenoxy) is 3. The number of carbonyl (C=O) groups is 5. The van der Waals surface area contributed by atoms with Crippen LogP contribution in [0.4, 0.5) is 5.69 Å². The third kappa shape index (κ3) is 6.51. The van der Waals surface area contributed by atoms with E-state index in [9.17, 15) is 24.0 Å². The first-order chi connectivity index (χ1) is 18.8. The average Bonchev–Trinajstić information content (AvgIpc) is 3.25. The number of likely N-dealkylation sites (tertiary alicyclic amines) is 1. The summed E-state index contributed by atoms with van der Waals surface area (Å²) in [7, 11) is 0. The molecule has 2 aliphatic rings. The third-order valence-electron chi connectivity index (χ3n) is 6.90. The van der Waals surface area contributed by atoms with Gasteiger partial charge in [0.2, 0.25) is 5.91 Å². The molecular weight excluding hydrogens is 504 g/mol. The number of amides is 2. The zero-order valence-electron chi connectivity index (χ0n) is 22.1. The number of imide groups is 1. The van der Waals surface area contributed by atoms with Gasteiger partial charge in [0, 0.05) is 5.56 Å². The zero-order chi connectivity index (χ0) is 27.9. The third-order valence-corrected chi connectivity index (χ3v) is 6.90. The normalized spacial score (nSPS) is 18.2. The summed E-state index contributed by atoms with van der Waals surface area (Å²) in [6, 6.07) is 12.2. The molecule has 206 valence electrons. The van der Waals surface area contributed by atoms with Gasteiger partial charge in [0.15, 0.2) is 12.4 Å². The smallest absolute Gasteiger partial charge is 0.338 e. The fourth-order valence-electron chi connectivity index (χ4n) is 4.82. The van der Waals surface area contributed by atoms with Gasteiger partial charge >= 0.3 is 11.9 Å². The lowest BCUT2D eigenvalue weighted by Crippen LogP contribution is -2.47. The van der Waals surface area contributed by atoms with E-state index in [0.29, 0.717) is 55.1 Å². The Hall–Kier alpha value is -4.05. The van der Waals surface area contributed by atoms with Crippen LogP contribution in [0.5, 0.6) is 5.75 Å². The lowest BCUT2D eigenvalue weighted by molar-refractivity contribution is -0.149. The number of piperidine rings is 1. The minimum atomic E-state index is -0.611. The molecule has 2 heterocycles. The van der Waals surface area contributed by atoms with Gasteiger partial charge in [-0.15, -0.1) is 0 Å². The van der Waals surface area contributed by atoms with E-state index >= 15 is 0 Å². The number of rotatable bonds is 10. The molecule has 2 aromatic rings. The van der Waals surface area contributed by atoms with Crippen molar-refractivity contribution in [3.05, 3.63) is 59.7 Å². The van der Waals surface area contributed by atoms with E-state index < -0.39 is 18.0 Å². The second-order valence-electron chi connectivity index (χ2n) is 9.35. The largest absolute Gasteiger partial charge is 0.494 e. The molecule has 2 amide bonds. The summed E-state index contributed by atoms with van der Waals surface area (Å²) in [4.78, 5) is 65.8. The lowest BCUT2D eigenvalue weighted by Gasteiger charge is -2.33. The first-order valence-corrected chi connectivity index (χ1v) is 13.1. The first kappa shape index (κ1) is 28.0. The molecule has 10 nitrogen and oxygen atoms in total. The Labute approximate surface area is 226 Å². The number of hydrogen-bond donors (Lipinski definition) is 0. The number of nitrogens with zero attached hydrogens (tertiary/aromatic N) is 2. The van der Waals surface area contributed by atoms with Gasteiger partial charge in [-0.1, -0.05) is 0 Å². The average molecular weight is 537 g/mol. The van der Waals surface area contributed by atoms with Gasteiger partial charge in [-0.3, -0.25) is 24.1 Å². The number of benzene rings is 2. The Morgan fingerprint density at radius 3 is 2.10 bits per heavy atom. The number of carbonyl (C=O) groups excluding carboxylic acids is 5. The van der Waals surface area contributed by atoms with Crippen LogP contribution in [-0.2, 0) is 23.9 Å². The second-order valence-corrected chi connectivity index (χ2v) is 9.35. The zero-order valence-corrected chi connectivity index (χ0v) is 22.1. The summed E-state index contributed by atoms with van der Waals surface area (Å²) >= 11 is 0. The Morgan fingerprint density at radius 1 is 0.846 bits per heavy atom. The Balaban J connectivity index is 1.27. The fourth-order valence-corrected chi connectivity index (χ4v) is 4.82. The standard InChI is InChI=1S/C29H32N2O8/c1-3-37-23-11-7-19(8-12-23)25(32)18-39-29(36)21-13-15-30(16-14-21)24-17-26(33)31(27(24)34)22-9-5-20(6-10-22)28(35)38-4-2/h5-12,21,24H,3-4,13-18H2,1-2H3/t24-/m1/s1. The Bertz CT molecular complexity index is 1220. The molecular formula is C29H32N2O8. The Kier molecular flexibility index (Phi) is 9.08. The molecule has 0 aromatic heterocycles. The van der Waals surface area contributed by atoms with E-state index in [1.54, 1.807) is 43.3 Å². The van der Waals surface area contributed by atoms with E-state index in [0.717, 1.165) is 4.90 Å². The minimum absolute atomic E-state index is 0.0458. The van der Waals surface area contributed by atoms with Crippen molar-refractivity contribution < 1.29 is 38.2 Å². The molecule has 2 aliphatic heterocycles. The second kappa shape index (κ2) is 12.7. The number of Topliss-reactive ketones (excluding diaryl/α,β-unsaturated/α-hetero) is 1. The van der Waals surface area contributed by atoms with Crippen molar-refractivity contribution in [2.75, 3.05) is 37.8 Å². The summed E-state index contributed by atoms with van der Waals surface area (Å²) in [5.41, 5.74) is 1.17. The number of ketones is 1. The molecule has 1 atom stereocenters. The van der Waals surface area contributed by atoms with Crippen LogP contribution in [0.2, 0.25) is 0 Å². The van der Waals surface area contributed by atoms with E-state index in [4.69, 9.17) is 14.2 Å². The maximum atomic E-state index is 13.2. The molecule has 2 fully saturated rings. The van der Waals surface area contributed by atoms with Crippen molar-refractivity contribution in [3.63, 3.8) is 0 Å². The molecule has 0 saturated carbocycles. The highest BCUT2D eigenvalue weighted by Gasteiger charge is 2.44. The first-order valence-electron chi connectivity index (χ1n) is 13.1. The molecule has 4 rings (SSSR count).